The van der Waals surface area contributed by atoms with Gasteiger partial charge in [-0.1, -0.05) is 11.8 Å². The molecule has 0 bridgehead atoms. The summed E-state index contributed by atoms with van der Waals surface area (Å²) < 4.78 is 13.5. The van der Waals surface area contributed by atoms with Crippen LogP contribution in [-0.4, -0.2) is 28.3 Å². The highest BCUT2D eigenvalue weighted by Crippen LogP contribution is 2.39. The number of halogens is 1. The maximum absolute atomic E-state index is 13.5. The van der Waals surface area contributed by atoms with Gasteiger partial charge in [0.25, 0.3) is 11.8 Å². The number of rotatable bonds is 4. The lowest BCUT2D eigenvalue weighted by Crippen LogP contribution is -2.26. The van der Waals surface area contributed by atoms with E-state index in [1.165, 1.54) is 30.2 Å². The molecule has 0 atom stereocenters. The Morgan fingerprint density at radius 3 is 2.71 bits per heavy atom. The highest BCUT2D eigenvalue weighted by atomic mass is 32.2. The zero-order valence-electron chi connectivity index (χ0n) is 14.6. The Morgan fingerprint density at radius 1 is 1.11 bits per heavy atom. The number of benzene rings is 2. The third kappa shape index (κ3) is 3.86. The summed E-state index contributed by atoms with van der Waals surface area (Å²) in [6.45, 7) is 0.440. The first-order chi connectivity index (χ1) is 13.6. The molecule has 8 heteroatoms. The van der Waals surface area contributed by atoms with E-state index in [9.17, 15) is 14.0 Å². The predicted molar refractivity (Wildman–Crippen MR) is 103 cm³/mol. The van der Waals surface area contributed by atoms with Crippen LogP contribution in [0.1, 0.15) is 26.3 Å². The van der Waals surface area contributed by atoms with Crippen molar-refractivity contribution in [1.82, 2.24) is 15.3 Å². The number of carbonyl (C=O) groups is 2. The highest BCUT2D eigenvalue weighted by Gasteiger charge is 2.21. The van der Waals surface area contributed by atoms with E-state index in [4.69, 9.17) is 0 Å². The summed E-state index contributed by atoms with van der Waals surface area (Å²) in [4.78, 5) is 34.2. The van der Waals surface area contributed by atoms with E-state index in [1.807, 2.05) is 0 Å². The van der Waals surface area contributed by atoms with E-state index in [2.05, 4.69) is 20.6 Å². The zero-order chi connectivity index (χ0) is 19.5. The van der Waals surface area contributed by atoms with Gasteiger partial charge in [-0.25, -0.2) is 14.4 Å². The number of nitrogens with zero attached hydrogens (tertiary/aromatic N) is 2. The van der Waals surface area contributed by atoms with Crippen molar-refractivity contribution < 1.29 is 14.0 Å². The van der Waals surface area contributed by atoms with Gasteiger partial charge in [0, 0.05) is 34.3 Å². The summed E-state index contributed by atoms with van der Waals surface area (Å²) in [5, 5.41) is 5.60. The molecule has 2 amide bonds. The number of carbonyl (C=O) groups excluding carboxylic acids is 2. The number of amides is 2. The lowest BCUT2D eigenvalue weighted by molar-refractivity contribution is 0.0952. The van der Waals surface area contributed by atoms with Gasteiger partial charge in [0.15, 0.2) is 0 Å². The number of anilines is 1. The lowest BCUT2D eigenvalue weighted by atomic mass is 10.1. The van der Waals surface area contributed by atoms with Crippen LogP contribution in [0.5, 0.6) is 0 Å². The quantitative estimate of drug-likeness (QED) is 0.709. The number of hydrogen-bond acceptors (Lipinski definition) is 5. The summed E-state index contributed by atoms with van der Waals surface area (Å²) in [5.74, 6) is -1.11. The Morgan fingerprint density at radius 2 is 1.89 bits per heavy atom. The molecular formula is C20H15FN4O2S. The maximum atomic E-state index is 13.5. The molecule has 0 spiro atoms. The molecule has 0 aliphatic carbocycles. The third-order valence-corrected chi connectivity index (χ3v) is 5.36. The van der Waals surface area contributed by atoms with Gasteiger partial charge < -0.3 is 10.6 Å². The molecule has 0 unspecified atom stereocenters. The Hall–Kier alpha value is -3.26. The van der Waals surface area contributed by atoms with Crippen LogP contribution in [0, 0.1) is 5.82 Å². The zero-order valence-corrected chi connectivity index (χ0v) is 15.4. The summed E-state index contributed by atoms with van der Waals surface area (Å²) in [6, 6.07) is 9.22. The fourth-order valence-electron chi connectivity index (χ4n) is 2.82. The Balaban J connectivity index is 1.48. The van der Waals surface area contributed by atoms with Crippen molar-refractivity contribution in [2.45, 2.75) is 16.2 Å². The minimum Gasteiger partial charge on any atom is -0.352 e. The van der Waals surface area contributed by atoms with E-state index < -0.39 is 11.7 Å². The maximum Gasteiger partial charge on any atom is 0.256 e. The first kappa shape index (κ1) is 18.1. The second kappa shape index (κ2) is 7.77. The highest BCUT2D eigenvalue weighted by molar-refractivity contribution is 7.99. The Labute approximate surface area is 164 Å². The molecule has 4 rings (SSSR count). The number of fused-ring (bicyclic) bond motifs is 2. The lowest BCUT2D eigenvalue weighted by Gasteiger charge is -2.09. The van der Waals surface area contributed by atoms with Crippen molar-refractivity contribution in [2.24, 2.45) is 0 Å². The second-order valence-corrected chi connectivity index (χ2v) is 7.24. The molecule has 28 heavy (non-hydrogen) atoms. The topological polar surface area (TPSA) is 84.0 Å². The molecule has 0 fully saturated rings. The number of aromatic nitrogens is 2. The first-order valence-corrected chi connectivity index (χ1v) is 9.37. The van der Waals surface area contributed by atoms with Crippen LogP contribution < -0.4 is 10.6 Å². The van der Waals surface area contributed by atoms with Gasteiger partial charge in [-0.2, -0.15) is 0 Å². The molecule has 0 saturated carbocycles. The minimum absolute atomic E-state index is 0.244. The van der Waals surface area contributed by atoms with Gasteiger partial charge >= 0.3 is 0 Å². The molecule has 1 aliphatic rings. The third-order valence-electron chi connectivity index (χ3n) is 4.21. The van der Waals surface area contributed by atoms with E-state index >= 15 is 0 Å². The van der Waals surface area contributed by atoms with Crippen molar-refractivity contribution in [3.8, 4) is 0 Å². The van der Waals surface area contributed by atoms with Crippen LogP contribution in [0.15, 0.2) is 64.9 Å². The molecule has 2 N–H and O–H groups in total. The predicted octanol–water partition coefficient (Wildman–Crippen LogP) is 3.31. The van der Waals surface area contributed by atoms with Crippen LogP contribution in [0.25, 0.3) is 0 Å². The Kier molecular flexibility index (Phi) is 5.03. The van der Waals surface area contributed by atoms with Crippen molar-refractivity contribution in [3.63, 3.8) is 0 Å². The van der Waals surface area contributed by atoms with Crippen molar-refractivity contribution in [1.29, 1.82) is 0 Å². The van der Waals surface area contributed by atoms with E-state index in [1.54, 1.807) is 36.7 Å². The van der Waals surface area contributed by atoms with Crippen LogP contribution in [0.4, 0.5) is 10.1 Å². The van der Waals surface area contributed by atoms with Gasteiger partial charge in [-0.3, -0.25) is 9.59 Å². The van der Waals surface area contributed by atoms with Gasteiger partial charge in [0.05, 0.1) is 11.3 Å². The van der Waals surface area contributed by atoms with Crippen LogP contribution in [-0.2, 0) is 6.42 Å². The molecule has 0 saturated heterocycles. The van der Waals surface area contributed by atoms with Crippen LogP contribution in [0.2, 0.25) is 0 Å². The molecule has 0 radical (unpaired) electrons. The molecule has 1 aliphatic heterocycles. The number of nitrogens with one attached hydrogen (secondary N) is 2. The monoisotopic (exact) mass is 394 g/mol. The van der Waals surface area contributed by atoms with E-state index in [0.29, 0.717) is 29.1 Å². The summed E-state index contributed by atoms with van der Waals surface area (Å²) in [5.41, 5.74) is 2.16. The molecule has 2 heterocycles. The van der Waals surface area contributed by atoms with E-state index in [0.717, 1.165) is 10.5 Å². The van der Waals surface area contributed by atoms with Crippen LogP contribution >= 0.6 is 11.8 Å². The number of hydrogen-bond donors (Lipinski definition) is 2. The summed E-state index contributed by atoms with van der Waals surface area (Å²) in [6.07, 6.45) is 5.48. The molecule has 6 nitrogen and oxygen atoms in total. The molecule has 3 aromatic rings. The second-order valence-electron chi connectivity index (χ2n) is 6.16. The molecule has 140 valence electrons. The van der Waals surface area contributed by atoms with Crippen molar-refractivity contribution in [2.75, 3.05) is 11.9 Å². The van der Waals surface area contributed by atoms with Gasteiger partial charge in [-0.15, -0.1) is 0 Å². The van der Waals surface area contributed by atoms with Crippen LogP contribution in [0.3, 0.4) is 0 Å². The first-order valence-electron chi connectivity index (χ1n) is 8.55. The standard InChI is InChI=1S/C20H15FN4O2S/c21-14-2-4-17-15(8-14)20(27)25-16-7-13(1-3-18(16)28-17)19(26)24-6-5-12-9-22-11-23-10-12/h1-4,7-11H,5-6H2,(H,24,26)(H,25,27). The average molecular weight is 394 g/mol. The fourth-order valence-corrected chi connectivity index (χ4v) is 3.81. The molecule has 1 aromatic heterocycles. The Bertz CT molecular complexity index is 1060. The SMILES string of the molecule is O=C(NCCc1cncnc1)c1ccc2c(c1)NC(=O)c1cc(F)ccc1S2. The van der Waals surface area contributed by atoms with Crippen molar-refractivity contribution >= 4 is 29.3 Å². The smallest absolute Gasteiger partial charge is 0.256 e. The van der Waals surface area contributed by atoms with Gasteiger partial charge in [0.2, 0.25) is 0 Å². The largest absolute Gasteiger partial charge is 0.352 e. The van der Waals surface area contributed by atoms with Crippen molar-refractivity contribution in [3.05, 3.63) is 77.6 Å². The normalized spacial score (nSPS) is 12.4. The fraction of sp³-hybridized carbons (Fsp3) is 0.100. The summed E-state index contributed by atoms with van der Waals surface area (Å²) in [7, 11) is 0. The van der Waals surface area contributed by atoms with Gasteiger partial charge in [0.1, 0.15) is 12.1 Å². The average Bonchev–Trinajstić information content (AvgIpc) is 2.84. The van der Waals surface area contributed by atoms with Gasteiger partial charge in [-0.05, 0) is 48.4 Å². The molecular weight excluding hydrogens is 379 g/mol. The summed E-state index contributed by atoms with van der Waals surface area (Å²) >= 11 is 1.36. The van der Waals surface area contributed by atoms with E-state index in [-0.39, 0.29) is 11.5 Å². The molecule has 2 aromatic carbocycles. The minimum atomic E-state index is -0.468.